The first-order valence-corrected chi connectivity index (χ1v) is 13.9. The summed E-state index contributed by atoms with van der Waals surface area (Å²) >= 11 is 0. The summed E-state index contributed by atoms with van der Waals surface area (Å²) < 4.78 is 5.16. The zero-order valence-corrected chi connectivity index (χ0v) is 21.1. The van der Waals surface area contributed by atoms with Crippen molar-refractivity contribution in [2.24, 2.45) is 0 Å². The Morgan fingerprint density at radius 3 is 1.60 bits per heavy atom. The van der Waals surface area contributed by atoms with Gasteiger partial charge in [-0.05, 0) is 32.1 Å². The van der Waals surface area contributed by atoms with E-state index in [1.165, 1.54) is 142 Å². The first kappa shape index (κ1) is 27.2. The van der Waals surface area contributed by atoms with E-state index < -0.39 is 0 Å². The van der Waals surface area contributed by atoms with Gasteiger partial charge in [-0.1, -0.05) is 111 Å². The molecule has 0 N–H and O–H groups in total. The maximum Gasteiger partial charge on any atom is 0.256 e. The Labute approximate surface area is 189 Å². The van der Waals surface area contributed by atoms with Gasteiger partial charge in [-0.2, -0.15) is 0 Å². The predicted molar refractivity (Wildman–Crippen MR) is 133 cm³/mol. The standard InChI is InChI=1S/C28H55N2/c1-4-7-10-12-14-16-18-20-23-28-29(24-21-9-6-3)26-27-30(28)25-22-19-17-15-13-11-8-5-2/h26-27H,4-25H2,1-3H3/q+1. The van der Waals surface area contributed by atoms with Gasteiger partial charge in [0.15, 0.2) is 0 Å². The van der Waals surface area contributed by atoms with E-state index in [1.807, 2.05) is 0 Å². The van der Waals surface area contributed by atoms with Crippen LogP contribution in [0.4, 0.5) is 0 Å². The average Bonchev–Trinajstić information content (AvgIpc) is 3.13. The Hall–Kier alpha value is -0.790. The van der Waals surface area contributed by atoms with E-state index >= 15 is 0 Å². The molecule has 0 aliphatic heterocycles. The fourth-order valence-corrected chi connectivity index (χ4v) is 4.56. The molecule has 0 amide bonds. The van der Waals surface area contributed by atoms with Crippen molar-refractivity contribution in [2.45, 2.75) is 162 Å². The summed E-state index contributed by atoms with van der Waals surface area (Å²) in [7, 11) is 0. The van der Waals surface area contributed by atoms with E-state index in [9.17, 15) is 0 Å². The SMILES string of the molecule is CCCCCCCCCCc1n(CCCCCCCCCC)cc[n+]1CCCCC. The maximum atomic E-state index is 2.59. The molecule has 1 rings (SSSR count). The highest BCUT2D eigenvalue weighted by Gasteiger charge is 2.16. The molecular weight excluding hydrogens is 364 g/mol. The number of hydrogen-bond acceptors (Lipinski definition) is 0. The number of aromatic nitrogens is 2. The van der Waals surface area contributed by atoms with E-state index in [2.05, 4.69) is 42.3 Å². The van der Waals surface area contributed by atoms with Crippen molar-refractivity contribution in [2.75, 3.05) is 0 Å². The Balaban J connectivity index is 2.34. The second-order valence-electron chi connectivity index (χ2n) is 9.51. The number of nitrogens with zero attached hydrogens (tertiary/aromatic N) is 2. The van der Waals surface area contributed by atoms with Crippen LogP contribution in [0, 0.1) is 0 Å². The molecule has 0 unspecified atom stereocenters. The lowest BCUT2D eigenvalue weighted by molar-refractivity contribution is -0.704. The topological polar surface area (TPSA) is 8.81 Å². The van der Waals surface area contributed by atoms with Gasteiger partial charge in [0.2, 0.25) is 0 Å². The van der Waals surface area contributed by atoms with Gasteiger partial charge in [-0.3, -0.25) is 0 Å². The van der Waals surface area contributed by atoms with Crippen LogP contribution in [0.2, 0.25) is 0 Å². The van der Waals surface area contributed by atoms with Crippen LogP contribution >= 0.6 is 0 Å². The predicted octanol–water partition coefficient (Wildman–Crippen LogP) is 8.79. The van der Waals surface area contributed by atoms with Gasteiger partial charge < -0.3 is 0 Å². The molecule has 176 valence electrons. The summed E-state index contributed by atoms with van der Waals surface area (Å²) in [5.74, 6) is 1.60. The lowest BCUT2D eigenvalue weighted by atomic mass is 10.1. The summed E-state index contributed by atoms with van der Waals surface area (Å²) in [6.45, 7) is 9.35. The Morgan fingerprint density at radius 1 is 0.567 bits per heavy atom. The zero-order valence-electron chi connectivity index (χ0n) is 21.1. The van der Waals surface area contributed by atoms with Crippen molar-refractivity contribution in [3.8, 4) is 0 Å². The van der Waals surface area contributed by atoms with Crippen molar-refractivity contribution in [3.63, 3.8) is 0 Å². The molecule has 0 aliphatic rings. The van der Waals surface area contributed by atoms with Crippen LogP contribution in [-0.2, 0) is 19.5 Å². The largest absolute Gasteiger partial charge is 0.256 e. The smallest absolute Gasteiger partial charge is 0.234 e. The van der Waals surface area contributed by atoms with Gasteiger partial charge in [0.1, 0.15) is 12.4 Å². The minimum atomic E-state index is 1.21. The molecule has 1 heterocycles. The van der Waals surface area contributed by atoms with Crippen molar-refractivity contribution in [1.29, 1.82) is 0 Å². The number of rotatable bonds is 22. The van der Waals surface area contributed by atoms with Gasteiger partial charge in [0.25, 0.3) is 5.82 Å². The third-order valence-corrected chi connectivity index (χ3v) is 6.60. The molecule has 0 bridgehead atoms. The Morgan fingerprint density at radius 2 is 1.03 bits per heavy atom. The van der Waals surface area contributed by atoms with E-state index in [0.29, 0.717) is 0 Å². The lowest BCUT2D eigenvalue weighted by Crippen LogP contribution is -2.37. The molecule has 2 nitrogen and oxygen atoms in total. The summed E-state index contributed by atoms with van der Waals surface area (Å²) in [4.78, 5) is 0. The molecule has 1 aromatic rings. The molecule has 0 spiro atoms. The van der Waals surface area contributed by atoms with Crippen LogP contribution < -0.4 is 4.57 Å². The molecule has 0 aliphatic carbocycles. The highest BCUT2D eigenvalue weighted by Crippen LogP contribution is 2.13. The van der Waals surface area contributed by atoms with Crippen LogP contribution in [0.25, 0.3) is 0 Å². The second-order valence-corrected chi connectivity index (χ2v) is 9.51. The molecule has 2 heteroatoms. The number of unbranched alkanes of at least 4 members (excludes halogenated alkanes) is 16. The van der Waals surface area contributed by atoms with E-state index in [1.54, 1.807) is 5.82 Å². The number of hydrogen-bond donors (Lipinski definition) is 0. The minimum Gasteiger partial charge on any atom is -0.234 e. The quantitative estimate of drug-likeness (QED) is 0.131. The van der Waals surface area contributed by atoms with Crippen molar-refractivity contribution < 1.29 is 4.57 Å². The Kier molecular flexibility index (Phi) is 18.3. The fraction of sp³-hybridized carbons (Fsp3) is 0.893. The molecule has 1 aromatic heterocycles. The summed E-state index contributed by atoms with van der Waals surface area (Å²) in [5.41, 5.74) is 0. The molecule has 30 heavy (non-hydrogen) atoms. The van der Waals surface area contributed by atoms with Gasteiger partial charge in [0.05, 0.1) is 13.1 Å². The summed E-state index contributed by atoms with van der Waals surface area (Å²) in [6.07, 6.45) is 32.6. The monoisotopic (exact) mass is 419 g/mol. The van der Waals surface area contributed by atoms with E-state index in [-0.39, 0.29) is 0 Å². The Bertz CT molecular complexity index is 477. The molecule has 0 aromatic carbocycles. The molecule has 0 saturated heterocycles. The van der Waals surface area contributed by atoms with E-state index in [4.69, 9.17) is 0 Å². The van der Waals surface area contributed by atoms with E-state index in [0.717, 1.165) is 0 Å². The molecule has 0 radical (unpaired) electrons. The fourth-order valence-electron chi connectivity index (χ4n) is 4.56. The normalized spacial score (nSPS) is 11.4. The molecule has 0 fully saturated rings. The molecular formula is C28H55N2+. The van der Waals surface area contributed by atoms with Gasteiger partial charge in [-0.15, -0.1) is 0 Å². The number of aryl methyl sites for hydroxylation is 2. The lowest BCUT2D eigenvalue weighted by Gasteiger charge is -2.07. The third-order valence-electron chi connectivity index (χ3n) is 6.60. The highest BCUT2D eigenvalue weighted by atomic mass is 15.1. The van der Waals surface area contributed by atoms with Gasteiger partial charge >= 0.3 is 0 Å². The minimum absolute atomic E-state index is 1.21. The van der Waals surface area contributed by atoms with Crippen molar-refractivity contribution >= 4 is 0 Å². The average molecular weight is 420 g/mol. The highest BCUT2D eigenvalue weighted by molar-refractivity contribution is 4.84. The van der Waals surface area contributed by atoms with Crippen LogP contribution in [0.3, 0.4) is 0 Å². The zero-order chi connectivity index (χ0) is 21.7. The van der Waals surface area contributed by atoms with Crippen molar-refractivity contribution in [3.05, 3.63) is 18.2 Å². The van der Waals surface area contributed by atoms with Crippen molar-refractivity contribution in [1.82, 2.24) is 4.57 Å². The van der Waals surface area contributed by atoms with Crippen LogP contribution in [0.5, 0.6) is 0 Å². The van der Waals surface area contributed by atoms with Gasteiger partial charge in [-0.25, -0.2) is 9.13 Å². The summed E-state index contributed by atoms with van der Waals surface area (Å²) in [6, 6.07) is 0. The third kappa shape index (κ3) is 13.5. The molecule has 0 saturated carbocycles. The van der Waals surface area contributed by atoms with Crippen LogP contribution in [-0.4, -0.2) is 4.57 Å². The van der Waals surface area contributed by atoms with Gasteiger partial charge in [0, 0.05) is 6.42 Å². The van der Waals surface area contributed by atoms with Crippen LogP contribution in [0.15, 0.2) is 12.4 Å². The molecule has 0 atom stereocenters. The first-order valence-electron chi connectivity index (χ1n) is 13.9. The van der Waals surface area contributed by atoms with Crippen LogP contribution in [0.1, 0.15) is 149 Å². The summed E-state index contributed by atoms with van der Waals surface area (Å²) in [5, 5.41) is 0. The second kappa shape index (κ2) is 20.1. The first-order chi connectivity index (χ1) is 14.8. The maximum absolute atomic E-state index is 2.59. The number of imidazole rings is 1.